The van der Waals surface area contributed by atoms with E-state index in [0.717, 1.165) is 41.2 Å². The zero-order valence-electron chi connectivity index (χ0n) is 14.1. The number of hydrogen-bond acceptors (Lipinski definition) is 4. The van der Waals surface area contributed by atoms with Crippen LogP contribution < -0.4 is 5.56 Å². The lowest BCUT2D eigenvalue weighted by molar-refractivity contribution is -0.130. The summed E-state index contributed by atoms with van der Waals surface area (Å²) in [5.74, 6) is 0.592. The molecule has 3 heterocycles. The largest absolute Gasteiger partial charge is 0.341 e. The monoisotopic (exact) mass is 353 g/mol. The molecule has 0 unspecified atom stereocenters. The Morgan fingerprint density at radius 2 is 1.92 bits per heavy atom. The summed E-state index contributed by atoms with van der Waals surface area (Å²) in [6.45, 7) is 3.45. The molecule has 0 N–H and O–H groups in total. The van der Waals surface area contributed by atoms with Crippen LogP contribution in [0.25, 0.3) is 20.7 Å². The van der Waals surface area contributed by atoms with Gasteiger partial charge in [0.25, 0.3) is 5.56 Å². The van der Waals surface area contributed by atoms with Gasteiger partial charge in [-0.3, -0.25) is 14.2 Å². The van der Waals surface area contributed by atoms with E-state index < -0.39 is 0 Å². The first-order valence-electron chi connectivity index (χ1n) is 8.47. The number of likely N-dealkylation sites (tertiary alicyclic amines) is 1. The van der Waals surface area contributed by atoms with E-state index in [4.69, 9.17) is 0 Å². The fraction of sp³-hybridized carbons (Fsp3) is 0.316. The van der Waals surface area contributed by atoms with Crippen molar-refractivity contribution in [1.82, 2.24) is 14.5 Å². The van der Waals surface area contributed by atoms with Crippen molar-refractivity contribution in [2.75, 3.05) is 13.1 Å². The number of benzene rings is 1. The lowest BCUT2D eigenvalue weighted by atomic mass is 10.2. The van der Waals surface area contributed by atoms with Crippen LogP contribution in [0.2, 0.25) is 0 Å². The Labute approximate surface area is 149 Å². The molecule has 5 nitrogen and oxygen atoms in total. The Morgan fingerprint density at radius 3 is 2.64 bits per heavy atom. The van der Waals surface area contributed by atoms with Crippen molar-refractivity contribution in [3.8, 4) is 10.4 Å². The average Bonchev–Trinajstić information content (AvgIpc) is 3.29. The van der Waals surface area contributed by atoms with E-state index in [1.165, 1.54) is 15.9 Å². The van der Waals surface area contributed by atoms with Gasteiger partial charge in [-0.2, -0.15) is 0 Å². The normalized spacial score (nSPS) is 14.4. The van der Waals surface area contributed by atoms with Crippen LogP contribution in [0.15, 0.2) is 41.2 Å². The van der Waals surface area contributed by atoms with Crippen LogP contribution in [0.3, 0.4) is 0 Å². The van der Waals surface area contributed by atoms with Crippen molar-refractivity contribution in [3.05, 3.63) is 52.6 Å². The quantitative estimate of drug-likeness (QED) is 0.727. The van der Waals surface area contributed by atoms with Gasteiger partial charge in [-0.1, -0.05) is 30.3 Å². The number of carbonyl (C=O) groups excluding carboxylic acids is 1. The first-order valence-corrected chi connectivity index (χ1v) is 9.29. The predicted molar refractivity (Wildman–Crippen MR) is 99.9 cm³/mol. The maximum absolute atomic E-state index is 12.9. The van der Waals surface area contributed by atoms with E-state index in [0.29, 0.717) is 11.2 Å². The SMILES string of the molecule is Cc1nc2sc(-c3ccccc3)cc2c(=O)n1CC(=O)N1CCCC1. The van der Waals surface area contributed by atoms with Crippen molar-refractivity contribution in [2.45, 2.75) is 26.3 Å². The van der Waals surface area contributed by atoms with Gasteiger partial charge in [0.05, 0.1) is 5.39 Å². The Bertz CT molecular complexity index is 985. The molecular weight excluding hydrogens is 334 g/mol. The molecule has 0 saturated carbocycles. The molecule has 0 aliphatic carbocycles. The Balaban J connectivity index is 1.73. The Morgan fingerprint density at radius 1 is 1.20 bits per heavy atom. The molecule has 1 saturated heterocycles. The van der Waals surface area contributed by atoms with Crippen molar-refractivity contribution < 1.29 is 4.79 Å². The fourth-order valence-electron chi connectivity index (χ4n) is 3.25. The number of thiophene rings is 1. The van der Waals surface area contributed by atoms with Crippen LogP contribution in [-0.2, 0) is 11.3 Å². The molecule has 1 aliphatic heterocycles. The smallest absolute Gasteiger partial charge is 0.262 e. The molecule has 2 aromatic heterocycles. The lowest BCUT2D eigenvalue weighted by Crippen LogP contribution is -2.35. The summed E-state index contributed by atoms with van der Waals surface area (Å²) < 4.78 is 1.50. The summed E-state index contributed by atoms with van der Waals surface area (Å²) in [6, 6.07) is 11.9. The van der Waals surface area contributed by atoms with Crippen molar-refractivity contribution in [3.63, 3.8) is 0 Å². The Hall–Kier alpha value is -2.47. The highest BCUT2D eigenvalue weighted by molar-refractivity contribution is 7.21. The van der Waals surface area contributed by atoms with E-state index in [2.05, 4.69) is 4.98 Å². The lowest BCUT2D eigenvalue weighted by Gasteiger charge is -2.16. The first-order chi connectivity index (χ1) is 12.1. The van der Waals surface area contributed by atoms with Crippen LogP contribution in [-0.4, -0.2) is 33.4 Å². The average molecular weight is 353 g/mol. The van der Waals surface area contributed by atoms with Crippen LogP contribution in [0.5, 0.6) is 0 Å². The summed E-state index contributed by atoms with van der Waals surface area (Å²) in [6.07, 6.45) is 2.09. The summed E-state index contributed by atoms with van der Waals surface area (Å²) >= 11 is 1.51. The fourth-order valence-corrected chi connectivity index (χ4v) is 4.32. The molecule has 0 atom stereocenters. The van der Waals surface area contributed by atoms with Gasteiger partial charge >= 0.3 is 0 Å². The van der Waals surface area contributed by atoms with Crippen LogP contribution >= 0.6 is 11.3 Å². The highest BCUT2D eigenvalue weighted by atomic mass is 32.1. The van der Waals surface area contributed by atoms with Gasteiger partial charge in [0.2, 0.25) is 5.91 Å². The molecule has 1 aliphatic rings. The number of aryl methyl sites for hydroxylation is 1. The maximum Gasteiger partial charge on any atom is 0.262 e. The van der Waals surface area contributed by atoms with E-state index in [9.17, 15) is 9.59 Å². The van der Waals surface area contributed by atoms with Gasteiger partial charge in [-0.15, -0.1) is 11.3 Å². The highest BCUT2D eigenvalue weighted by Crippen LogP contribution is 2.30. The van der Waals surface area contributed by atoms with Gasteiger partial charge in [-0.05, 0) is 31.4 Å². The number of carbonyl (C=O) groups is 1. The summed E-state index contributed by atoms with van der Waals surface area (Å²) in [5.41, 5.74) is 0.940. The molecule has 0 spiro atoms. The minimum absolute atomic E-state index is 0.00219. The van der Waals surface area contributed by atoms with E-state index in [-0.39, 0.29) is 18.0 Å². The van der Waals surface area contributed by atoms with Gasteiger partial charge in [0, 0.05) is 18.0 Å². The number of fused-ring (bicyclic) bond motifs is 1. The molecule has 1 amide bonds. The molecule has 0 bridgehead atoms. The number of rotatable bonds is 3. The summed E-state index contributed by atoms with van der Waals surface area (Å²) in [7, 11) is 0. The third-order valence-electron chi connectivity index (χ3n) is 4.65. The minimum Gasteiger partial charge on any atom is -0.341 e. The predicted octanol–water partition coefficient (Wildman–Crippen LogP) is 3.06. The van der Waals surface area contributed by atoms with Crippen LogP contribution in [0.4, 0.5) is 0 Å². The third-order valence-corrected chi connectivity index (χ3v) is 5.73. The molecule has 1 fully saturated rings. The third kappa shape index (κ3) is 2.98. The second-order valence-corrected chi connectivity index (χ2v) is 7.36. The number of nitrogens with zero attached hydrogens (tertiary/aromatic N) is 3. The van der Waals surface area contributed by atoms with Crippen LogP contribution in [0, 0.1) is 6.92 Å². The molecule has 128 valence electrons. The zero-order valence-corrected chi connectivity index (χ0v) is 14.9. The number of hydrogen-bond donors (Lipinski definition) is 0. The van der Waals surface area contributed by atoms with Gasteiger partial charge in [0.1, 0.15) is 17.2 Å². The molecule has 4 rings (SSSR count). The van der Waals surface area contributed by atoms with Gasteiger partial charge in [-0.25, -0.2) is 4.98 Å². The van der Waals surface area contributed by atoms with Crippen LogP contribution in [0.1, 0.15) is 18.7 Å². The topological polar surface area (TPSA) is 55.2 Å². The zero-order chi connectivity index (χ0) is 17.4. The van der Waals surface area contributed by atoms with E-state index in [1.807, 2.05) is 41.3 Å². The molecule has 6 heteroatoms. The molecule has 3 aromatic rings. The highest BCUT2D eigenvalue weighted by Gasteiger charge is 2.20. The summed E-state index contributed by atoms with van der Waals surface area (Å²) in [5, 5.41) is 0.587. The first kappa shape index (κ1) is 16.0. The number of aromatic nitrogens is 2. The molecule has 0 radical (unpaired) electrons. The van der Waals surface area contributed by atoms with Crippen molar-refractivity contribution in [2.24, 2.45) is 0 Å². The second kappa shape index (κ2) is 6.44. The van der Waals surface area contributed by atoms with E-state index in [1.54, 1.807) is 6.92 Å². The van der Waals surface area contributed by atoms with Gasteiger partial charge < -0.3 is 4.90 Å². The second-order valence-electron chi connectivity index (χ2n) is 6.33. The standard InChI is InChI=1S/C19H19N3O2S/c1-13-20-18-15(11-16(25-18)14-7-3-2-4-8-14)19(24)22(13)12-17(23)21-9-5-6-10-21/h2-4,7-8,11H,5-6,9-10,12H2,1H3. The maximum atomic E-state index is 12.9. The number of amides is 1. The minimum atomic E-state index is -0.131. The summed E-state index contributed by atoms with van der Waals surface area (Å²) in [4.78, 5) is 33.5. The van der Waals surface area contributed by atoms with Gasteiger partial charge in [0.15, 0.2) is 0 Å². The van der Waals surface area contributed by atoms with E-state index >= 15 is 0 Å². The molecule has 1 aromatic carbocycles. The molecule has 25 heavy (non-hydrogen) atoms. The van der Waals surface area contributed by atoms with Crippen molar-refractivity contribution >= 4 is 27.5 Å². The molecular formula is C19H19N3O2S. The Kier molecular flexibility index (Phi) is 4.13. The van der Waals surface area contributed by atoms with Crippen molar-refractivity contribution in [1.29, 1.82) is 0 Å².